The number of benzene rings is 2. The molecule has 0 radical (unpaired) electrons. The van der Waals surface area contributed by atoms with Crippen molar-refractivity contribution in [2.45, 2.75) is 11.1 Å². The molecule has 0 spiro atoms. The average Bonchev–Trinajstić information content (AvgIpc) is 2.46. The van der Waals surface area contributed by atoms with E-state index in [4.69, 9.17) is 8.92 Å². The summed E-state index contributed by atoms with van der Waals surface area (Å²) in [4.78, 5) is -1.21. The van der Waals surface area contributed by atoms with Gasteiger partial charge in [0.2, 0.25) is 0 Å². The monoisotopic (exact) mass is 350 g/mol. The fraction of sp³-hybridized carbons (Fsp3) is 0.143. The van der Waals surface area contributed by atoms with Crippen molar-refractivity contribution in [3.63, 3.8) is 0 Å². The Labute approximate surface area is 129 Å². The fourth-order valence-electron chi connectivity index (χ4n) is 1.72. The van der Waals surface area contributed by atoms with Gasteiger partial charge in [-0.25, -0.2) is 4.39 Å². The summed E-state index contributed by atoms with van der Waals surface area (Å²) >= 11 is 0. The van der Waals surface area contributed by atoms with E-state index >= 15 is 0 Å². The van der Waals surface area contributed by atoms with Crippen molar-refractivity contribution in [2.75, 3.05) is 7.11 Å². The molecule has 2 rings (SSSR count). The Morgan fingerprint density at radius 1 is 1.00 bits per heavy atom. The SMILES string of the molecule is COc1ccccc1OS(=O)(=O)c1cc(C(F)(F)F)ccc1F. The highest BCUT2D eigenvalue weighted by Gasteiger charge is 2.33. The Balaban J connectivity index is 2.48. The van der Waals surface area contributed by atoms with Crippen LogP contribution in [-0.4, -0.2) is 15.5 Å². The highest BCUT2D eigenvalue weighted by Crippen LogP contribution is 2.33. The second kappa shape index (κ2) is 6.07. The van der Waals surface area contributed by atoms with E-state index in [0.717, 1.165) is 0 Å². The molecule has 0 heterocycles. The molecule has 0 N–H and O–H groups in total. The summed E-state index contributed by atoms with van der Waals surface area (Å²) in [5.74, 6) is -1.59. The second-order valence-electron chi connectivity index (χ2n) is 4.33. The number of methoxy groups -OCH3 is 1. The van der Waals surface area contributed by atoms with Gasteiger partial charge < -0.3 is 8.92 Å². The zero-order chi connectivity index (χ0) is 17.3. The number of hydrogen-bond acceptors (Lipinski definition) is 4. The Kier molecular flexibility index (Phi) is 4.51. The maximum absolute atomic E-state index is 13.7. The van der Waals surface area contributed by atoms with Crippen LogP contribution in [-0.2, 0) is 16.3 Å². The lowest BCUT2D eigenvalue weighted by molar-refractivity contribution is -0.137. The molecular formula is C14H10F4O4S. The molecule has 4 nitrogen and oxygen atoms in total. The van der Waals surface area contributed by atoms with Crippen molar-refractivity contribution in [1.82, 2.24) is 0 Å². The Morgan fingerprint density at radius 2 is 1.61 bits per heavy atom. The van der Waals surface area contributed by atoms with E-state index in [0.29, 0.717) is 12.1 Å². The summed E-state index contributed by atoms with van der Waals surface area (Å²) in [6.45, 7) is 0. The first-order valence-corrected chi connectivity index (χ1v) is 7.50. The first-order chi connectivity index (χ1) is 10.6. The van der Waals surface area contributed by atoms with Gasteiger partial charge in [0.15, 0.2) is 11.5 Å². The van der Waals surface area contributed by atoms with E-state index in [1.807, 2.05) is 0 Å². The lowest BCUT2D eigenvalue weighted by atomic mass is 10.2. The lowest BCUT2D eigenvalue weighted by Crippen LogP contribution is -2.14. The molecule has 9 heteroatoms. The van der Waals surface area contributed by atoms with E-state index in [1.54, 1.807) is 0 Å². The number of hydrogen-bond donors (Lipinski definition) is 0. The van der Waals surface area contributed by atoms with E-state index in [1.165, 1.54) is 31.4 Å². The van der Waals surface area contributed by atoms with Crippen LogP contribution in [0.4, 0.5) is 17.6 Å². The van der Waals surface area contributed by atoms with Crippen molar-refractivity contribution < 1.29 is 34.9 Å². The zero-order valence-corrected chi connectivity index (χ0v) is 12.4. The van der Waals surface area contributed by atoms with Crippen molar-refractivity contribution in [1.29, 1.82) is 0 Å². The average molecular weight is 350 g/mol. The fourth-order valence-corrected chi connectivity index (χ4v) is 2.76. The molecule has 0 aliphatic rings. The second-order valence-corrected chi connectivity index (χ2v) is 5.85. The van der Waals surface area contributed by atoms with Crippen LogP contribution in [0.2, 0.25) is 0 Å². The molecule has 23 heavy (non-hydrogen) atoms. The van der Waals surface area contributed by atoms with Gasteiger partial charge in [0, 0.05) is 0 Å². The predicted molar refractivity (Wildman–Crippen MR) is 72.2 cm³/mol. The van der Waals surface area contributed by atoms with Gasteiger partial charge in [-0.3, -0.25) is 0 Å². The Morgan fingerprint density at radius 3 is 2.17 bits per heavy atom. The smallest absolute Gasteiger partial charge is 0.416 e. The summed E-state index contributed by atoms with van der Waals surface area (Å²) in [6.07, 6.45) is -4.82. The molecule has 0 aromatic heterocycles. The topological polar surface area (TPSA) is 52.6 Å². The molecular weight excluding hydrogens is 340 g/mol. The van der Waals surface area contributed by atoms with Crippen LogP contribution >= 0.6 is 0 Å². The summed E-state index contributed by atoms with van der Waals surface area (Å²) in [6, 6.07) is 6.60. The van der Waals surface area contributed by atoms with Gasteiger partial charge in [0.1, 0.15) is 10.7 Å². The highest BCUT2D eigenvalue weighted by atomic mass is 32.2. The Bertz CT molecular complexity index is 816. The molecule has 0 saturated carbocycles. The zero-order valence-electron chi connectivity index (χ0n) is 11.6. The summed E-state index contributed by atoms with van der Waals surface area (Å²) < 4.78 is 85.4. The minimum atomic E-state index is -4.82. The molecule has 0 unspecified atom stereocenters. The minimum Gasteiger partial charge on any atom is -0.493 e. The maximum atomic E-state index is 13.7. The third-order valence-electron chi connectivity index (χ3n) is 2.80. The predicted octanol–water partition coefficient (Wildman–Crippen LogP) is 3.62. The van der Waals surface area contributed by atoms with Gasteiger partial charge in [0.05, 0.1) is 12.7 Å². The quantitative estimate of drug-likeness (QED) is 0.624. The molecule has 0 fully saturated rings. The molecule has 0 saturated heterocycles. The van der Waals surface area contributed by atoms with Gasteiger partial charge >= 0.3 is 16.3 Å². The standard InChI is InChI=1S/C14H10F4O4S/c1-21-11-4-2-3-5-12(11)22-23(19,20)13-8-9(14(16,17)18)6-7-10(13)15/h2-8H,1H3. The van der Waals surface area contributed by atoms with Crippen molar-refractivity contribution in [3.05, 3.63) is 53.8 Å². The third kappa shape index (κ3) is 3.73. The first kappa shape index (κ1) is 17.1. The molecule has 0 bridgehead atoms. The third-order valence-corrected chi connectivity index (χ3v) is 4.05. The molecule has 0 amide bonds. The van der Waals surface area contributed by atoms with E-state index in [9.17, 15) is 26.0 Å². The van der Waals surface area contributed by atoms with Crippen LogP contribution in [0.25, 0.3) is 0 Å². The van der Waals surface area contributed by atoms with E-state index < -0.39 is 32.6 Å². The number of halogens is 4. The number of ether oxygens (including phenoxy) is 1. The molecule has 0 aliphatic heterocycles. The van der Waals surface area contributed by atoms with Crippen LogP contribution in [0.5, 0.6) is 11.5 Å². The normalized spacial score (nSPS) is 12.0. The largest absolute Gasteiger partial charge is 0.493 e. The van der Waals surface area contributed by atoms with Crippen molar-refractivity contribution in [2.24, 2.45) is 0 Å². The van der Waals surface area contributed by atoms with Crippen LogP contribution < -0.4 is 8.92 Å². The van der Waals surface area contributed by atoms with Crippen molar-refractivity contribution in [3.8, 4) is 11.5 Å². The number of rotatable bonds is 4. The lowest BCUT2D eigenvalue weighted by Gasteiger charge is -2.12. The van der Waals surface area contributed by atoms with Crippen LogP contribution in [0.15, 0.2) is 47.4 Å². The molecule has 124 valence electrons. The van der Waals surface area contributed by atoms with Gasteiger partial charge in [-0.15, -0.1) is 0 Å². The maximum Gasteiger partial charge on any atom is 0.416 e. The molecule has 2 aromatic rings. The number of alkyl halides is 3. The number of para-hydroxylation sites is 2. The summed E-state index contributed by atoms with van der Waals surface area (Å²) in [5.41, 5.74) is -1.30. The minimum absolute atomic E-state index is 0.0310. The van der Waals surface area contributed by atoms with E-state index in [-0.39, 0.29) is 17.6 Å². The van der Waals surface area contributed by atoms with Gasteiger partial charge in [-0.2, -0.15) is 21.6 Å². The van der Waals surface area contributed by atoms with Crippen LogP contribution in [0.3, 0.4) is 0 Å². The highest BCUT2D eigenvalue weighted by molar-refractivity contribution is 7.87. The summed E-state index contributed by atoms with van der Waals surface area (Å²) in [7, 11) is -3.56. The summed E-state index contributed by atoms with van der Waals surface area (Å²) in [5, 5.41) is 0. The van der Waals surface area contributed by atoms with E-state index in [2.05, 4.69) is 0 Å². The van der Waals surface area contributed by atoms with Gasteiger partial charge in [0.25, 0.3) is 0 Å². The Hall–Kier alpha value is -2.29. The van der Waals surface area contributed by atoms with Gasteiger partial charge in [-0.05, 0) is 30.3 Å². The molecule has 0 atom stereocenters. The van der Waals surface area contributed by atoms with Gasteiger partial charge in [-0.1, -0.05) is 12.1 Å². The first-order valence-electron chi connectivity index (χ1n) is 6.09. The van der Waals surface area contributed by atoms with Crippen LogP contribution in [0, 0.1) is 5.82 Å². The van der Waals surface area contributed by atoms with Crippen LogP contribution in [0.1, 0.15) is 5.56 Å². The molecule has 2 aromatic carbocycles. The molecule has 0 aliphatic carbocycles. The van der Waals surface area contributed by atoms with Crippen molar-refractivity contribution >= 4 is 10.1 Å².